The lowest BCUT2D eigenvalue weighted by Crippen LogP contribution is -2.46. The highest BCUT2D eigenvalue weighted by atomic mass is 32.2. The van der Waals surface area contributed by atoms with Crippen molar-refractivity contribution in [2.75, 3.05) is 37.3 Å². The van der Waals surface area contributed by atoms with Crippen molar-refractivity contribution in [3.05, 3.63) is 59.2 Å². The molecule has 1 fully saturated rings. The van der Waals surface area contributed by atoms with E-state index in [4.69, 9.17) is 19.8 Å². The first-order chi connectivity index (χ1) is 13.8. The smallest absolute Gasteiger partial charge is 0.414 e. The Morgan fingerprint density at radius 1 is 0.931 bits per heavy atom. The molecule has 0 aromatic heterocycles. The van der Waals surface area contributed by atoms with Gasteiger partial charge < -0.3 is 15.1 Å². The minimum Gasteiger partial charge on any atom is -0.473 e. The lowest BCUT2D eigenvalue weighted by molar-refractivity contribution is -0.159. The normalized spacial score (nSPS) is 14.1. The molecule has 1 aliphatic rings. The van der Waals surface area contributed by atoms with Crippen LogP contribution < -0.4 is 4.90 Å². The van der Waals surface area contributed by atoms with Gasteiger partial charge in [0.15, 0.2) is 0 Å². The third-order valence-electron chi connectivity index (χ3n) is 5.04. The maximum absolute atomic E-state index is 9.10. The number of carbonyl (C=O) groups is 2. The van der Waals surface area contributed by atoms with Crippen molar-refractivity contribution < 1.29 is 19.8 Å². The molecule has 2 aromatic rings. The molecule has 2 aromatic carbocycles. The van der Waals surface area contributed by atoms with Gasteiger partial charge in [-0.05, 0) is 55.0 Å². The molecule has 3 rings (SSSR count). The Labute approximate surface area is 176 Å². The van der Waals surface area contributed by atoms with E-state index in [1.54, 1.807) is 11.8 Å². The topological polar surface area (TPSA) is 81.1 Å². The summed E-state index contributed by atoms with van der Waals surface area (Å²) in [5, 5.41) is 14.8. The lowest BCUT2D eigenvalue weighted by Gasteiger charge is -2.37. The van der Waals surface area contributed by atoms with Gasteiger partial charge in [0.1, 0.15) is 0 Å². The van der Waals surface area contributed by atoms with Crippen LogP contribution in [0.1, 0.15) is 16.7 Å². The Balaban J connectivity index is 0.000000438. The number of aryl methyl sites for hydroxylation is 1. The molecule has 0 atom stereocenters. The fraction of sp³-hybridized carbons (Fsp3) is 0.364. The summed E-state index contributed by atoms with van der Waals surface area (Å²) in [6, 6.07) is 15.6. The molecule has 2 N–H and O–H groups in total. The zero-order valence-electron chi connectivity index (χ0n) is 17.1. The molecule has 0 spiro atoms. The number of thioether (sulfide) groups is 1. The van der Waals surface area contributed by atoms with Crippen LogP contribution in [0.5, 0.6) is 0 Å². The number of benzene rings is 2. The molecule has 0 amide bonds. The largest absolute Gasteiger partial charge is 0.473 e. The summed E-state index contributed by atoms with van der Waals surface area (Å²) in [6.07, 6.45) is 2.13. The molecule has 29 heavy (non-hydrogen) atoms. The number of anilines is 1. The van der Waals surface area contributed by atoms with Gasteiger partial charge in [0.05, 0.1) is 0 Å². The second-order valence-electron chi connectivity index (χ2n) is 6.94. The Morgan fingerprint density at radius 2 is 1.52 bits per heavy atom. The van der Waals surface area contributed by atoms with Crippen molar-refractivity contribution >= 4 is 29.4 Å². The SMILES string of the molecule is CSc1ccc(CN2CCN(c3cccc(C)c3C)CC2)cc1.O=C(O)C(=O)O. The monoisotopic (exact) mass is 416 g/mol. The number of piperazine rings is 1. The molecule has 0 aliphatic carbocycles. The Kier molecular flexibility index (Phi) is 8.54. The molecule has 0 bridgehead atoms. The maximum atomic E-state index is 9.10. The highest BCUT2D eigenvalue weighted by Crippen LogP contribution is 2.24. The van der Waals surface area contributed by atoms with Gasteiger partial charge in [-0.25, -0.2) is 9.59 Å². The number of hydrogen-bond acceptors (Lipinski definition) is 5. The quantitative estimate of drug-likeness (QED) is 0.583. The Hall–Kier alpha value is -2.51. The zero-order valence-corrected chi connectivity index (χ0v) is 17.9. The van der Waals surface area contributed by atoms with E-state index in [2.05, 4.69) is 72.4 Å². The van der Waals surface area contributed by atoms with Crippen LogP contribution in [0.4, 0.5) is 5.69 Å². The minimum absolute atomic E-state index is 1.06. The molecule has 7 heteroatoms. The molecule has 156 valence electrons. The summed E-state index contributed by atoms with van der Waals surface area (Å²) >= 11 is 1.80. The van der Waals surface area contributed by atoms with Crippen molar-refractivity contribution in [1.29, 1.82) is 0 Å². The van der Waals surface area contributed by atoms with E-state index in [1.165, 1.54) is 27.3 Å². The number of nitrogens with zero attached hydrogens (tertiary/aromatic N) is 2. The molecule has 1 aliphatic heterocycles. The molecule has 1 heterocycles. The molecular formula is C22H28N2O4S. The average Bonchev–Trinajstić information content (AvgIpc) is 2.72. The average molecular weight is 417 g/mol. The van der Waals surface area contributed by atoms with Crippen molar-refractivity contribution in [3.8, 4) is 0 Å². The Bertz CT molecular complexity index is 819. The predicted molar refractivity (Wildman–Crippen MR) is 117 cm³/mol. The lowest BCUT2D eigenvalue weighted by atomic mass is 10.1. The van der Waals surface area contributed by atoms with Crippen LogP contribution >= 0.6 is 11.8 Å². The highest BCUT2D eigenvalue weighted by Gasteiger charge is 2.18. The van der Waals surface area contributed by atoms with Crippen LogP contribution in [0.25, 0.3) is 0 Å². The van der Waals surface area contributed by atoms with Gasteiger partial charge in [-0.2, -0.15) is 0 Å². The fourth-order valence-electron chi connectivity index (χ4n) is 3.21. The first-order valence-electron chi connectivity index (χ1n) is 9.44. The van der Waals surface area contributed by atoms with Gasteiger partial charge in [-0.1, -0.05) is 24.3 Å². The number of carboxylic acids is 2. The summed E-state index contributed by atoms with van der Waals surface area (Å²) in [5.74, 6) is -3.65. The van der Waals surface area contributed by atoms with Gasteiger partial charge in [-0.3, -0.25) is 4.90 Å². The van der Waals surface area contributed by atoms with E-state index < -0.39 is 11.9 Å². The zero-order chi connectivity index (χ0) is 21.4. The molecule has 0 saturated carbocycles. The van der Waals surface area contributed by atoms with E-state index in [0.29, 0.717) is 0 Å². The van der Waals surface area contributed by atoms with E-state index >= 15 is 0 Å². The number of carboxylic acid groups (broad SMARTS) is 2. The molecule has 0 radical (unpaired) electrons. The third-order valence-corrected chi connectivity index (χ3v) is 5.78. The van der Waals surface area contributed by atoms with Gasteiger partial charge >= 0.3 is 11.9 Å². The second-order valence-corrected chi connectivity index (χ2v) is 7.82. The number of hydrogen-bond donors (Lipinski definition) is 2. The first kappa shape index (κ1) is 22.8. The van der Waals surface area contributed by atoms with Gasteiger partial charge in [0, 0.05) is 43.3 Å². The molecule has 6 nitrogen and oxygen atoms in total. The maximum Gasteiger partial charge on any atom is 0.414 e. The van der Waals surface area contributed by atoms with E-state index in [-0.39, 0.29) is 0 Å². The van der Waals surface area contributed by atoms with Crippen LogP contribution in [-0.4, -0.2) is 59.5 Å². The van der Waals surface area contributed by atoms with Crippen molar-refractivity contribution in [2.24, 2.45) is 0 Å². The van der Waals surface area contributed by atoms with E-state index in [9.17, 15) is 0 Å². The Morgan fingerprint density at radius 3 is 2.03 bits per heavy atom. The first-order valence-corrected chi connectivity index (χ1v) is 10.7. The van der Waals surface area contributed by atoms with E-state index in [0.717, 1.165) is 32.7 Å². The summed E-state index contributed by atoms with van der Waals surface area (Å²) in [5.41, 5.74) is 5.64. The van der Waals surface area contributed by atoms with Crippen LogP contribution in [0.3, 0.4) is 0 Å². The summed E-state index contributed by atoms with van der Waals surface area (Å²) < 4.78 is 0. The van der Waals surface area contributed by atoms with Crippen molar-refractivity contribution in [2.45, 2.75) is 25.3 Å². The van der Waals surface area contributed by atoms with Crippen LogP contribution in [0.15, 0.2) is 47.4 Å². The van der Waals surface area contributed by atoms with Crippen LogP contribution in [0.2, 0.25) is 0 Å². The standard InChI is InChI=1S/C20H26N2S.C2H2O4/c1-16-5-4-6-20(17(16)2)22-13-11-21(12-14-22)15-18-7-9-19(23-3)10-8-18;3-1(4)2(5)6/h4-10H,11-15H2,1-3H3;(H,3,4)(H,5,6). The summed E-state index contributed by atoms with van der Waals surface area (Å²) in [6.45, 7) is 10.0. The van der Waals surface area contributed by atoms with Gasteiger partial charge in [0.25, 0.3) is 0 Å². The van der Waals surface area contributed by atoms with Crippen molar-refractivity contribution in [1.82, 2.24) is 4.90 Å². The van der Waals surface area contributed by atoms with Crippen molar-refractivity contribution in [3.63, 3.8) is 0 Å². The molecule has 0 unspecified atom stereocenters. The summed E-state index contributed by atoms with van der Waals surface area (Å²) in [4.78, 5) is 24.6. The minimum atomic E-state index is -1.82. The van der Waals surface area contributed by atoms with Gasteiger partial charge in [-0.15, -0.1) is 11.8 Å². The van der Waals surface area contributed by atoms with Crippen LogP contribution in [-0.2, 0) is 16.1 Å². The second kappa shape index (κ2) is 10.9. The third kappa shape index (κ3) is 6.80. The number of aliphatic carboxylic acids is 2. The fourth-order valence-corrected chi connectivity index (χ4v) is 3.62. The van der Waals surface area contributed by atoms with Crippen LogP contribution in [0, 0.1) is 13.8 Å². The van der Waals surface area contributed by atoms with E-state index in [1.807, 2.05) is 0 Å². The molecular weight excluding hydrogens is 388 g/mol. The highest BCUT2D eigenvalue weighted by molar-refractivity contribution is 7.98. The summed E-state index contributed by atoms with van der Waals surface area (Å²) in [7, 11) is 0. The predicted octanol–water partition coefficient (Wildman–Crippen LogP) is 3.50. The van der Waals surface area contributed by atoms with Gasteiger partial charge in [0.2, 0.25) is 0 Å². The number of rotatable bonds is 4. The molecule has 1 saturated heterocycles.